The SMILES string of the molecule is O=C1N[C@H]2[C@H](CS[C@H]2CCCCC(=O)OCCOCCOCCOCCOC23CC4CC(CC(C4)C2)C3)N1. The molecule has 0 radical (unpaired) electrons. The number of thioether (sulfide) groups is 1. The van der Waals surface area contributed by atoms with Crippen LogP contribution in [0.4, 0.5) is 4.79 Å². The molecule has 10 heteroatoms. The zero-order valence-electron chi connectivity index (χ0n) is 22.7. The van der Waals surface area contributed by atoms with E-state index in [9.17, 15) is 9.59 Å². The maximum atomic E-state index is 11.9. The second-order valence-corrected chi connectivity index (χ2v) is 13.1. The Morgan fingerprint density at radius 1 is 0.816 bits per heavy atom. The number of carbonyl (C=O) groups is 2. The van der Waals surface area contributed by atoms with E-state index in [-0.39, 0.29) is 36.3 Å². The Morgan fingerprint density at radius 3 is 2.08 bits per heavy atom. The molecule has 6 aliphatic rings. The molecule has 0 unspecified atom stereocenters. The highest BCUT2D eigenvalue weighted by Gasteiger charge is 2.51. The van der Waals surface area contributed by atoms with Gasteiger partial charge < -0.3 is 34.3 Å². The van der Waals surface area contributed by atoms with Gasteiger partial charge in [-0.15, -0.1) is 0 Å². The Bertz CT molecular complexity index is 749. The fraction of sp³-hybridized carbons (Fsp3) is 0.929. The van der Waals surface area contributed by atoms with Crippen molar-refractivity contribution in [2.75, 3.05) is 58.6 Å². The van der Waals surface area contributed by atoms with Gasteiger partial charge in [0, 0.05) is 17.4 Å². The van der Waals surface area contributed by atoms with Gasteiger partial charge >= 0.3 is 12.0 Å². The van der Waals surface area contributed by atoms with Gasteiger partial charge in [-0.3, -0.25) is 4.79 Å². The van der Waals surface area contributed by atoms with Gasteiger partial charge in [-0.1, -0.05) is 6.42 Å². The summed E-state index contributed by atoms with van der Waals surface area (Å²) in [6.07, 6.45) is 11.3. The molecule has 0 aromatic heterocycles. The van der Waals surface area contributed by atoms with Crippen molar-refractivity contribution in [3.63, 3.8) is 0 Å². The first-order chi connectivity index (χ1) is 18.6. The number of urea groups is 1. The van der Waals surface area contributed by atoms with Gasteiger partial charge in [-0.2, -0.15) is 11.8 Å². The summed E-state index contributed by atoms with van der Waals surface area (Å²) < 4.78 is 28.3. The number of nitrogens with one attached hydrogen (secondary N) is 2. The van der Waals surface area contributed by atoms with Gasteiger partial charge in [0.1, 0.15) is 6.61 Å². The number of unbranched alkanes of at least 4 members (excludes halogenated alkanes) is 1. The third-order valence-electron chi connectivity index (χ3n) is 8.91. The van der Waals surface area contributed by atoms with Gasteiger partial charge in [0.05, 0.1) is 63.9 Å². The molecule has 4 saturated carbocycles. The summed E-state index contributed by atoms with van der Waals surface area (Å²) in [7, 11) is 0. The van der Waals surface area contributed by atoms with Crippen molar-refractivity contribution in [3.8, 4) is 0 Å². The minimum atomic E-state index is -0.179. The Kier molecular flexibility index (Phi) is 10.5. The van der Waals surface area contributed by atoms with Crippen molar-refractivity contribution in [1.82, 2.24) is 10.6 Å². The lowest BCUT2D eigenvalue weighted by Gasteiger charge is -2.56. The number of fused-ring (bicyclic) bond motifs is 1. The van der Waals surface area contributed by atoms with Crippen molar-refractivity contribution in [3.05, 3.63) is 0 Å². The minimum Gasteiger partial charge on any atom is -0.463 e. The van der Waals surface area contributed by atoms with E-state index in [4.69, 9.17) is 23.7 Å². The van der Waals surface area contributed by atoms with Crippen LogP contribution in [0, 0.1) is 17.8 Å². The number of rotatable bonds is 18. The van der Waals surface area contributed by atoms with E-state index in [1.807, 2.05) is 11.8 Å². The van der Waals surface area contributed by atoms with E-state index in [2.05, 4.69) is 10.6 Å². The zero-order chi connectivity index (χ0) is 26.2. The average molecular weight is 555 g/mol. The summed E-state index contributed by atoms with van der Waals surface area (Å²) in [5.74, 6) is 3.51. The quantitative estimate of drug-likeness (QED) is 0.151. The summed E-state index contributed by atoms with van der Waals surface area (Å²) in [4.78, 5) is 23.3. The van der Waals surface area contributed by atoms with E-state index in [1.165, 1.54) is 38.5 Å². The Balaban J connectivity index is 0.768. The third kappa shape index (κ3) is 7.99. The normalized spacial score (nSPS) is 34.8. The fourth-order valence-corrected chi connectivity index (χ4v) is 9.16. The maximum absolute atomic E-state index is 11.9. The highest BCUT2D eigenvalue weighted by atomic mass is 32.2. The van der Waals surface area contributed by atoms with Crippen molar-refractivity contribution in [2.24, 2.45) is 17.8 Å². The molecule has 216 valence electrons. The predicted octanol–water partition coefficient (Wildman–Crippen LogP) is 3.29. The van der Waals surface area contributed by atoms with Gasteiger partial charge in [0.25, 0.3) is 0 Å². The number of hydrogen-bond donors (Lipinski definition) is 2. The zero-order valence-corrected chi connectivity index (χ0v) is 23.5. The van der Waals surface area contributed by atoms with Crippen molar-refractivity contribution >= 4 is 23.8 Å². The molecule has 4 bridgehead atoms. The highest BCUT2D eigenvalue weighted by Crippen LogP contribution is 2.57. The lowest BCUT2D eigenvalue weighted by atomic mass is 9.54. The van der Waals surface area contributed by atoms with Crippen LogP contribution in [0.5, 0.6) is 0 Å². The number of esters is 1. The van der Waals surface area contributed by atoms with Crippen LogP contribution in [0.2, 0.25) is 0 Å². The van der Waals surface area contributed by atoms with Crippen LogP contribution in [0.1, 0.15) is 64.2 Å². The molecule has 0 spiro atoms. The van der Waals surface area contributed by atoms with Crippen molar-refractivity contribution in [1.29, 1.82) is 0 Å². The molecule has 6 rings (SSSR count). The molecule has 3 atom stereocenters. The minimum absolute atomic E-state index is 0.0559. The molecule has 0 aromatic carbocycles. The van der Waals surface area contributed by atoms with Gasteiger partial charge in [-0.05, 0) is 69.1 Å². The second kappa shape index (κ2) is 14.0. The van der Waals surface area contributed by atoms with Gasteiger partial charge in [-0.25, -0.2) is 4.79 Å². The summed E-state index contributed by atoms with van der Waals surface area (Å²) in [5.41, 5.74) is 0.160. The molecule has 2 aliphatic heterocycles. The van der Waals surface area contributed by atoms with E-state index >= 15 is 0 Å². The standard InChI is InChI=1S/C28H46N2O7S/c31-25(4-2-1-3-24-26-23(19-38-24)29-27(32)30-26)36-11-9-34-7-5-33-6-8-35-10-12-37-28-16-20-13-21(17-28)15-22(14-20)18-28/h20-24,26H,1-19H2,(H2,29,30,32)/t20?,21?,22?,23-,24-,26-,28?/m0/s1. The number of amides is 2. The van der Waals surface area contributed by atoms with Crippen LogP contribution in [0.25, 0.3) is 0 Å². The molecular weight excluding hydrogens is 508 g/mol. The van der Waals surface area contributed by atoms with Gasteiger partial charge in [0.15, 0.2) is 0 Å². The summed E-state index contributed by atoms with van der Waals surface area (Å²) in [5, 5.41) is 6.39. The first-order valence-electron chi connectivity index (χ1n) is 14.8. The van der Waals surface area contributed by atoms with Crippen LogP contribution in [-0.4, -0.2) is 93.5 Å². The van der Waals surface area contributed by atoms with E-state index < -0.39 is 0 Å². The molecule has 2 amide bonds. The highest BCUT2D eigenvalue weighted by molar-refractivity contribution is 8.00. The molecule has 4 aliphatic carbocycles. The number of ether oxygens (including phenoxy) is 5. The Morgan fingerprint density at radius 2 is 1.42 bits per heavy atom. The smallest absolute Gasteiger partial charge is 0.315 e. The molecule has 2 heterocycles. The summed E-state index contributed by atoms with van der Waals surface area (Å²) in [6.45, 7) is 4.03. The molecule has 2 saturated heterocycles. The molecular formula is C28H46N2O7S. The van der Waals surface area contributed by atoms with Gasteiger partial charge in [0.2, 0.25) is 0 Å². The maximum Gasteiger partial charge on any atom is 0.315 e. The second-order valence-electron chi connectivity index (χ2n) is 11.9. The third-order valence-corrected chi connectivity index (χ3v) is 10.4. The van der Waals surface area contributed by atoms with E-state index in [0.29, 0.717) is 57.9 Å². The van der Waals surface area contributed by atoms with Crippen LogP contribution < -0.4 is 10.6 Å². The molecule has 0 aromatic rings. The monoisotopic (exact) mass is 554 g/mol. The molecule has 2 N–H and O–H groups in total. The van der Waals surface area contributed by atoms with E-state index in [1.54, 1.807) is 0 Å². The van der Waals surface area contributed by atoms with Crippen molar-refractivity contribution in [2.45, 2.75) is 87.1 Å². The Labute approximate surface area is 231 Å². The van der Waals surface area contributed by atoms with Crippen LogP contribution in [-0.2, 0) is 28.5 Å². The summed E-state index contributed by atoms with van der Waals surface area (Å²) >= 11 is 1.90. The molecule has 6 fully saturated rings. The van der Waals surface area contributed by atoms with Crippen LogP contribution >= 0.6 is 11.8 Å². The number of hydrogen-bond acceptors (Lipinski definition) is 8. The Hall–Kier alpha value is -1.07. The topological polar surface area (TPSA) is 104 Å². The first-order valence-corrected chi connectivity index (χ1v) is 15.8. The largest absolute Gasteiger partial charge is 0.463 e. The number of carbonyl (C=O) groups excluding carboxylic acids is 2. The first kappa shape index (κ1) is 28.5. The predicted molar refractivity (Wildman–Crippen MR) is 144 cm³/mol. The fourth-order valence-electron chi connectivity index (χ4n) is 7.61. The average Bonchev–Trinajstić information content (AvgIpc) is 3.43. The van der Waals surface area contributed by atoms with Crippen LogP contribution in [0.15, 0.2) is 0 Å². The van der Waals surface area contributed by atoms with Crippen LogP contribution in [0.3, 0.4) is 0 Å². The lowest BCUT2D eigenvalue weighted by Crippen LogP contribution is -2.52. The molecule has 38 heavy (non-hydrogen) atoms. The molecule has 9 nitrogen and oxygen atoms in total. The summed E-state index contributed by atoms with van der Waals surface area (Å²) in [6, 6.07) is 0.421. The van der Waals surface area contributed by atoms with E-state index in [0.717, 1.165) is 42.8 Å². The van der Waals surface area contributed by atoms with Crippen molar-refractivity contribution < 1.29 is 33.3 Å². The lowest BCUT2D eigenvalue weighted by molar-refractivity contribution is -0.169.